The predicted molar refractivity (Wildman–Crippen MR) is 96.7 cm³/mol. The molecule has 1 saturated heterocycles. The summed E-state index contributed by atoms with van der Waals surface area (Å²) >= 11 is 5.61. The van der Waals surface area contributed by atoms with Gasteiger partial charge < -0.3 is 10.6 Å². The molecule has 1 heterocycles. The van der Waals surface area contributed by atoms with Crippen LogP contribution in [0.4, 0.5) is 0 Å². The third-order valence-corrected chi connectivity index (χ3v) is 4.60. The number of carbonyl (C=O) groups is 1. The minimum Gasteiger partial charge on any atom is -0.402 e. The summed E-state index contributed by atoms with van der Waals surface area (Å²) in [7, 11) is 0. The van der Waals surface area contributed by atoms with E-state index in [0.29, 0.717) is 5.70 Å². The largest absolute Gasteiger partial charge is 0.402 e. The monoisotopic (exact) mass is 328 g/mol. The summed E-state index contributed by atoms with van der Waals surface area (Å²) in [5.41, 5.74) is 8.44. The van der Waals surface area contributed by atoms with Crippen LogP contribution in [0.1, 0.15) is 67.2 Å². The van der Waals surface area contributed by atoms with Crippen LogP contribution in [-0.2, 0) is 4.79 Å². The Kier molecular flexibility index (Phi) is 10.2. The van der Waals surface area contributed by atoms with Crippen LogP contribution in [0, 0.1) is 5.92 Å². The number of nitrogens with two attached hydrogens (primary N) is 1. The molecule has 0 atom stereocenters. The fraction of sp³-hybridized carbons (Fsp3) is 0.722. The Hall–Kier alpha value is -0.960. The summed E-state index contributed by atoms with van der Waals surface area (Å²) in [5, 5.41) is 0.933. The number of rotatable bonds is 3. The van der Waals surface area contributed by atoms with Crippen molar-refractivity contribution in [3.63, 3.8) is 0 Å². The fourth-order valence-corrected chi connectivity index (χ4v) is 2.38. The van der Waals surface area contributed by atoms with Crippen molar-refractivity contribution < 1.29 is 4.79 Å². The second-order valence-electron chi connectivity index (χ2n) is 6.16. The molecule has 0 saturated carbocycles. The second-order valence-corrected chi connectivity index (χ2v) is 6.72. The standard InChI is InChI=1S/C12H22N2O.C6H11Cl/c1-4-11(10(3)13)12(15)14-7-5-9(2)6-8-14;1-4-5(2)6(3)7/h9H,4-8,13H2,1-3H3;4H2,1-3H3/b11-10-;. The molecule has 2 N–H and O–H groups in total. The zero-order chi connectivity index (χ0) is 17.3. The van der Waals surface area contributed by atoms with Crippen molar-refractivity contribution in [1.29, 1.82) is 0 Å². The molecule has 0 bridgehead atoms. The van der Waals surface area contributed by atoms with E-state index in [2.05, 4.69) is 13.8 Å². The van der Waals surface area contributed by atoms with E-state index >= 15 is 0 Å². The molecule has 1 rings (SSSR count). The zero-order valence-corrected chi connectivity index (χ0v) is 15.9. The van der Waals surface area contributed by atoms with Gasteiger partial charge in [-0.15, -0.1) is 0 Å². The summed E-state index contributed by atoms with van der Waals surface area (Å²) in [6.45, 7) is 13.9. The minimum atomic E-state index is 0.143. The Labute approximate surface area is 141 Å². The van der Waals surface area contributed by atoms with Crippen molar-refractivity contribution >= 4 is 17.5 Å². The van der Waals surface area contributed by atoms with Gasteiger partial charge in [-0.3, -0.25) is 4.79 Å². The number of piperidine rings is 1. The van der Waals surface area contributed by atoms with E-state index in [1.165, 1.54) is 5.57 Å². The maximum Gasteiger partial charge on any atom is 0.251 e. The van der Waals surface area contributed by atoms with Gasteiger partial charge in [0.2, 0.25) is 0 Å². The topological polar surface area (TPSA) is 46.3 Å². The number of hydrogen-bond acceptors (Lipinski definition) is 2. The van der Waals surface area contributed by atoms with Crippen molar-refractivity contribution in [2.45, 2.75) is 67.2 Å². The minimum absolute atomic E-state index is 0.143. The first-order valence-electron chi connectivity index (χ1n) is 8.30. The molecule has 3 nitrogen and oxygen atoms in total. The molecule has 22 heavy (non-hydrogen) atoms. The van der Waals surface area contributed by atoms with E-state index in [9.17, 15) is 4.79 Å². The normalized spacial score (nSPS) is 18.0. The second kappa shape index (κ2) is 10.7. The van der Waals surface area contributed by atoms with Crippen molar-refractivity contribution in [2.24, 2.45) is 11.7 Å². The molecule has 0 radical (unpaired) electrons. The zero-order valence-electron chi connectivity index (χ0n) is 15.1. The van der Waals surface area contributed by atoms with E-state index in [0.717, 1.165) is 55.3 Å². The van der Waals surface area contributed by atoms with E-state index in [4.69, 9.17) is 17.3 Å². The van der Waals surface area contributed by atoms with E-state index in [-0.39, 0.29) is 5.91 Å². The van der Waals surface area contributed by atoms with Gasteiger partial charge in [-0.2, -0.15) is 0 Å². The van der Waals surface area contributed by atoms with E-state index < -0.39 is 0 Å². The lowest BCUT2D eigenvalue weighted by molar-refractivity contribution is -0.128. The van der Waals surface area contributed by atoms with Crippen molar-refractivity contribution in [3.8, 4) is 0 Å². The first kappa shape index (κ1) is 21.0. The Bertz CT molecular complexity index is 411. The van der Waals surface area contributed by atoms with Crippen molar-refractivity contribution in [3.05, 3.63) is 21.9 Å². The lowest BCUT2D eigenvalue weighted by atomic mass is 9.98. The van der Waals surface area contributed by atoms with Gasteiger partial charge in [0.05, 0.1) is 0 Å². The number of carbonyl (C=O) groups excluding carboxylic acids is 1. The quantitative estimate of drug-likeness (QED) is 0.755. The first-order chi connectivity index (χ1) is 10.2. The van der Waals surface area contributed by atoms with Gasteiger partial charge in [-0.25, -0.2) is 0 Å². The van der Waals surface area contributed by atoms with Crippen LogP contribution in [0.5, 0.6) is 0 Å². The molecule has 0 unspecified atom stereocenters. The molecule has 0 aromatic heterocycles. The van der Waals surface area contributed by atoms with Crippen LogP contribution in [0.15, 0.2) is 21.9 Å². The van der Waals surface area contributed by atoms with Gasteiger partial charge in [0, 0.05) is 29.4 Å². The van der Waals surface area contributed by atoms with E-state index in [1.807, 2.05) is 32.6 Å². The highest BCUT2D eigenvalue weighted by atomic mass is 35.5. The molecule has 1 amide bonds. The van der Waals surface area contributed by atoms with Gasteiger partial charge in [0.1, 0.15) is 0 Å². The third kappa shape index (κ3) is 7.35. The highest BCUT2D eigenvalue weighted by Gasteiger charge is 2.22. The molecular formula is C18H33ClN2O. The van der Waals surface area contributed by atoms with Crippen LogP contribution in [0.25, 0.3) is 0 Å². The highest BCUT2D eigenvalue weighted by Crippen LogP contribution is 2.19. The Morgan fingerprint density at radius 3 is 1.91 bits per heavy atom. The summed E-state index contributed by atoms with van der Waals surface area (Å²) < 4.78 is 0. The molecule has 1 aliphatic heterocycles. The molecule has 1 fully saturated rings. The van der Waals surface area contributed by atoms with Crippen LogP contribution in [-0.4, -0.2) is 23.9 Å². The van der Waals surface area contributed by atoms with Gasteiger partial charge >= 0.3 is 0 Å². The molecule has 0 spiro atoms. The molecule has 1 aliphatic rings. The maximum absolute atomic E-state index is 12.1. The SMILES string of the molecule is CC/C(C(=O)N1CCC(C)CC1)=C(\C)N.CCC(C)=C(C)Cl. The number of allylic oxidation sites excluding steroid dienone is 3. The van der Waals surface area contributed by atoms with Gasteiger partial charge in [0.15, 0.2) is 0 Å². The number of amides is 1. The number of likely N-dealkylation sites (tertiary alicyclic amines) is 1. The average molecular weight is 329 g/mol. The highest BCUT2D eigenvalue weighted by molar-refractivity contribution is 6.29. The van der Waals surface area contributed by atoms with Crippen molar-refractivity contribution in [1.82, 2.24) is 4.90 Å². The molecular weight excluding hydrogens is 296 g/mol. The Morgan fingerprint density at radius 2 is 1.64 bits per heavy atom. The summed E-state index contributed by atoms with van der Waals surface area (Å²) in [5.74, 6) is 0.895. The van der Waals surface area contributed by atoms with Crippen LogP contribution < -0.4 is 5.73 Å². The maximum atomic E-state index is 12.1. The Balaban J connectivity index is 0.000000534. The number of nitrogens with zero attached hydrogens (tertiary/aromatic N) is 1. The average Bonchev–Trinajstić information content (AvgIpc) is 2.47. The Morgan fingerprint density at radius 1 is 1.14 bits per heavy atom. The van der Waals surface area contributed by atoms with Gasteiger partial charge in [-0.1, -0.05) is 37.9 Å². The predicted octanol–water partition coefficient (Wildman–Crippen LogP) is 4.82. The fourth-order valence-electron chi connectivity index (χ4n) is 2.24. The third-order valence-electron chi connectivity index (χ3n) is 4.28. The summed E-state index contributed by atoms with van der Waals surface area (Å²) in [4.78, 5) is 14.0. The van der Waals surface area contributed by atoms with Crippen LogP contribution >= 0.6 is 11.6 Å². The van der Waals surface area contributed by atoms with E-state index in [1.54, 1.807) is 0 Å². The first-order valence-corrected chi connectivity index (χ1v) is 8.68. The smallest absolute Gasteiger partial charge is 0.251 e. The summed E-state index contributed by atoms with van der Waals surface area (Å²) in [6, 6.07) is 0. The van der Waals surface area contributed by atoms with Crippen LogP contribution in [0.2, 0.25) is 0 Å². The summed E-state index contributed by atoms with van der Waals surface area (Å²) in [6.07, 6.45) is 4.03. The van der Waals surface area contributed by atoms with Crippen molar-refractivity contribution in [2.75, 3.05) is 13.1 Å². The molecule has 0 aromatic carbocycles. The molecule has 0 aliphatic carbocycles. The molecule has 4 heteroatoms. The number of hydrogen-bond donors (Lipinski definition) is 1. The number of halogens is 1. The lowest BCUT2D eigenvalue weighted by Gasteiger charge is -2.31. The molecule has 128 valence electrons. The molecule has 0 aromatic rings. The lowest BCUT2D eigenvalue weighted by Crippen LogP contribution is -2.39. The van der Waals surface area contributed by atoms with Gasteiger partial charge in [-0.05, 0) is 52.4 Å². The van der Waals surface area contributed by atoms with Gasteiger partial charge in [0.25, 0.3) is 5.91 Å². The van der Waals surface area contributed by atoms with Crippen LogP contribution in [0.3, 0.4) is 0 Å².